The number of aromatic nitrogens is 2. The van der Waals surface area contributed by atoms with Crippen molar-refractivity contribution in [1.29, 1.82) is 0 Å². The van der Waals surface area contributed by atoms with Crippen LogP contribution < -0.4 is 5.32 Å². The topological polar surface area (TPSA) is 75.2 Å². The van der Waals surface area contributed by atoms with E-state index in [2.05, 4.69) is 15.3 Å². The third-order valence-electron chi connectivity index (χ3n) is 2.68. The van der Waals surface area contributed by atoms with Gasteiger partial charge in [-0.15, -0.1) is 0 Å². The molecule has 6 nitrogen and oxygen atoms in total. The Kier molecular flexibility index (Phi) is 3.30. The molecule has 2 rings (SSSR count). The van der Waals surface area contributed by atoms with Gasteiger partial charge in [0, 0.05) is 25.4 Å². The van der Waals surface area contributed by atoms with Crippen LogP contribution in [0.1, 0.15) is 17.9 Å². The van der Waals surface area contributed by atoms with Gasteiger partial charge in [0.2, 0.25) is 10.0 Å². The van der Waals surface area contributed by atoms with E-state index in [-0.39, 0.29) is 12.3 Å². The van der Waals surface area contributed by atoms with E-state index in [0.29, 0.717) is 24.6 Å². The maximum atomic E-state index is 11.7. The van der Waals surface area contributed by atoms with Gasteiger partial charge in [-0.25, -0.2) is 18.4 Å². The molecule has 0 unspecified atom stereocenters. The molecule has 1 aromatic rings. The van der Waals surface area contributed by atoms with Crippen molar-refractivity contribution >= 4 is 15.8 Å². The average molecular weight is 256 g/mol. The van der Waals surface area contributed by atoms with Crippen molar-refractivity contribution in [2.24, 2.45) is 0 Å². The molecule has 1 fully saturated rings. The van der Waals surface area contributed by atoms with Crippen LogP contribution >= 0.6 is 0 Å². The van der Waals surface area contributed by atoms with E-state index in [1.165, 1.54) is 4.31 Å². The number of sulfonamides is 1. The SMILES string of the molecule is CNc1cc(C)nc(CN2CCCS2(=O)=O)n1. The number of rotatable bonds is 3. The number of nitrogens with zero attached hydrogens (tertiary/aromatic N) is 3. The fourth-order valence-electron chi connectivity index (χ4n) is 1.86. The third-order valence-corrected chi connectivity index (χ3v) is 4.58. The van der Waals surface area contributed by atoms with Crippen LogP contribution in [0, 0.1) is 6.92 Å². The van der Waals surface area contributed by atoms with Crippen molar-refractivity contribution in [1.82, 2.24) is 14.3 Å². The van der Waals surface area contributed by atoms with E-state index in [0.717, 1.165) is 5.69 Å². The van der Waals surface area contributed by atoms with Crippen molar-refractivity contribution in [3.63, 3.8) is 0 Å². The first-order valence-electron chi connectivity index (χ1n) is 5.51. The molecule has 0 radical (unpaired) electrons. The highest BCUT2D eigenvalue weighted by Gasteiger charge is 2.28. The summed E-state index contributed by atoms with van der Waals surface area (Å²) >= 11 is 0. The predicted octanol–water partition coefficient (Wildman–Crippen LogP) is 0.362. The van der Waals surface area contributed by atoms with Gasteiger partial charge in [-0.1, -0.05) is 0 Å². The van der Waals surface area contributed by atoms with Gasteiger partial charge in [-0.05, 0) is 13.3 Å². The molecule has 0 aromatic carbocycles. The molecule has 1 aromatic heterocycles. The largest absolute Gasteiger partial charge is 0.373 e. The standard InChI is InChI=1S/C10H16N4O2S/c1-8-6-9(11-2)13-10(12-8)7-14-4-3-5-17(14,15)16/h6H,3-5,7H2,1-2H3,(H,11,12,13). The summed E-state index contributed by atoms with van der Waals surface area (Å²) in [5.41, 5.74) is 0.830. The Labute approximate surface area is 101 Å². The van der Waals surface area contributed by atoms with E-state index in [1.807, 2.05) is 13.0 Å². The minimum atomic E-state index is -3.08. The molecule has 17 heavy (non-hydrogen) atoms. The van der Waals surface area contributed by atoms with Crippen molar-refractivity contribution in [3.8, 4) is 0 Å². The van der Waals surface area contributed by atoms with E-state index in [1.54, 1.807) is 7.05 Å². The Morgan fingerprint density at radius 2 is 2.24 bits per heavy atom. The van der Waals surface area contributed by atoms with Gasteiger partial charge in [0.05, 0.1) is 12.3 Å². The highest BCUT2D eigenvalue weighted by atomic mass is 32.2. The molecule has 1 saturated heterocycles. The van der Waals surface area contributed by atoms with E-state index >= 15 is 0 Å². The second-order valence-electron chi connectivity index (χ2n) is 4.06. The van der Waals surface area contributed by atoms with Crippen LogP contribution in [-0.2, 0) is 16.6 Å². The number of nitrogens with one attached hydrogen (secondary N) is 1. The zero-order valence-corrected chi connectivity index (χ0v) is 10.8. The van der Waals surface area contributed by atoms with E-state index in [9.17, 15) is 8.42 Å². The molecule has 94 valence electrons. The molecule has 0 atom stereocenters. The molecular weight excluding hydrogens is 240 g/mol. The van der Waals surface area contributed by atoms with Gasteiger partial charge in [-0.3, -0.25) is 0 Å². The molecule has 2 heterocycles. The van der Waals surface area contributed by atoms with Crippen molar-refractivity contribution in [2.45, 2.75) is 19.9 Å². The van der Waals surface area contributed by atoms with Crippen molar-refractivity contribution in [3.05, 3.63) is 17.6 Å². The number of hydrogen-bond donors (Lipinski definition) is 1. The highest BCUT2D eigenvalue weighted by molar-refractivity contribution is 7.89. The number of aryl methyl sites for hydroxylation is 1. The van der Waals surface area contributed by atoms with Crippen LogP contribution in [0.15, 0.2) is 6.07 Å². The maximum Gasteiger partial charge on any atom is 0.214 e. The van der Waals surface area contributed by atoms with Crippen molar-refractivity contribution < 1.29 is 8.42 Å². The Bertz CT molecular complexity index is 515. The van der Waals surface area contributed by atoms with Gasteiger partial charge in [-0.2, -0.15) is 4.31 Å². The predicted molar refractivity (Wildman–Crippen MR) is 65.1 cm³/mol. The number of hydrogen-bond acceptors (Lipinski definition) is 5. The average Bonchev–Trinajstić information content (AvgIpc) is 2.57. The molecule has 0 aliphatic carbocycles. The van der Waals surface area contributed by atoms with Crippen LogP contribution in [-0.4, -0.2) is 42.0 Å². The normalized spacial score (nSPS) is 19.4. The quantitative estimate of drug-likeness (QED) is 0.845. The number of anilines is 1. The fourth-order valence-corrected chi connectivity index (χ4v) is 3.33. The minimum absolute atomic E-state index is 0.234. The summed E-state index contributed by atoms with van der Waals surface area (Å²) in [6, 6.07) is 1.82. The summed E-state index contributed by atoms with van der Waals surface area (Å²) in [7, 11) is -1.31. The lowest BCUT2D eigenvalue weighted by atomic mass is 10.4. The van der Waals surface area contributed by atoms with Crippen LogP contribution in [0.2, 0.25) is 0 Å². The second-order valence-corrected chi connectivity index (χ2v) is 6.15. The lowest BCUT2D eigenvalue weighted by Crippen LogP contribution is -2.26. The molecular formula is C10H16N4O2S. The molecule has 1 aliphatic rings. The van der Waals surface area contributed by atoms with E-state index < -0.39 is 10.0 Å². The molecule has 0 saturated carbocycles. The summed E-state index contributed by atoms with van der Waals surface area (Å²) in [5, 5.41) is 2.93. The first-order valence-corrected chi connectivity index (χ1v) is 7.12. The second kappa shape index (κ2) is 4.58. The van der Waals surface area contributed by atoms with Gasteiger partial charge >= 0.3 is 0 Å². The summed E-state index contributed by atoms with van der Waals surface area (Å²) in [4.78, 5) is 8.51. The highest BCUT2D eigenvalue weighted by Crippen LogP contribution is 2.16. The zero-order valence-electron chi connectivity index (χ0n) is 9.97. The molecule has 1 N–H and O–H groups in total. The van der Waals surface area contributed by atoms with Gasteiger partial charge in [0.25, 0.3) is 0 Å². The Balaban J connectivity index is 2.21. The smallest absolute Gasteiger partial charge is 0.214 e. The molecule has 7 heteroatoms. The maximum absolute atomic E-state index is 11.7. The summed E-state index contributed by atoms with van der Waals surface area (Å²) in [5.74, 6) is 1.49. The van der Waals surface area contributed by atoms with Gasteiger partial charge in [0.1, 0.15) is 11.6 Å². The summed E-state index contributed by atoms with van der Waals surface area (Å²) in [6.07, 6.45) is 0.688. The Morgan fingerprint density at radius 3 is 2.82 bits per heavy atom. The van der Waals surface area contributed by atoms with Gasteiger partial charge in [0.15, 0.2) is 0 Å². The molecule has 0 bridgehead atoms. The third kappa shape index (κ3) is 2.73. The van der Waals surface area contributed by atoms with Crippen LogP contribution in [0.5, 0.6) is 0 Å². The minimum Gasteiger partial charge on any atom is -0.373 e. The van der Waals surface area contributed by atoms with Crippen LogP contribution in [0.3, 0.4) is 0 Å². The Hall–Kier alpha value is -1.21. The van der Waals surface area contributed by atoms with Crippen LogP contribution in [0.25, 0.3) is 0 Å². The van der Waals surface area contributed by atoms with E-state index in [4.69, 9.17) is 0 Å². The molecule has 1 aliphatic heterocycles. The summed E-state index contributed by atoms with van der Waals surface area (Å²) in [6.45, 7) is 2.69. The first-order chi connectivity index (χ1) is 8.01. The fraction of sp³-hybridized carbons (Fsp3) is 0.600. The van der Waals surface area contributed by atoms with Gasteiger partial charge < -0.3 is 5.32 Å². The molecule has 0 amide bonds. The zero-order chi connectivity index (χ0) is 12.5. The van der Waals surface area contributed by atoms with Crippen LogP contribution in [0.4, 0.5) is 5.82 Å². The summed E-state index contributed by atoms with van der Waals surface area (Å²) < 4.78 is 24.8. The lowest BCUT2D eigenvalue weighted by Gasteiger charge is -2.13. The lowest BCUT2D eigenvalue weighted by molar-refractivity contribution is 0.429. The molecule has 0 spiro atoms. The first kappa shape index (κ1) is 12.3. The Morgan fingerprint density at radius 1 is 1.47 bits per heavy atom. The van der Waals surface area contributed by atoms with Crippen molar-refractivity contribution in [2.75, 3.05) is 24.7 Å². The monoisotopic (exact) mass is 256 g/mol.